The van der Waals surface area contributed by atoms with Gasteiger partial charge in [-0.1, -0.05) is 43.7 Å². The first-order chi connectivity index (χ1) is 11.6. The van der Waals surface area contributed by atoms with Crippen LogP contribution in [-0.4, -0.2) is 29.0 Å². The first kappa shape index (κ1) is 17.9. The van der Waals surface area contributed by atoms with Gasteiger partial charge in [0.15, 0.2) is 0 Å². The first-order valence-electron chi connectivity index (χ1n) is 8.54. The number of hydrogen-bond donors (Lipinski definition) is 1. The van der Waals surface area contributed by atoms with Gasteiger partial charge < -0.3 is 10.2 Å². The van der Waals surface area contributed by atoms with Crippen molar-refractivity contribution in [1.29, 1.82) is 0 Å². The van der Waals surface area contributed by atoms with E-state index in [0.29, 0.717) is 12.2 Å². The van der Waals surface area contributed by atoms with E-state index >= 15 is 0 Å². The Morgan fingerprint density at radius 2 is 1.88 bits per heavy atom. The fourth-order valence-electron chi connectivity index (χ4n) is 2.58. The lowest BCUT2D eigenvalue weighted by Crippen LogP contribution is -2.27. The van der Waals surface area contributed by atoms with Crippen LogP contribution in [0.25, 0.3) is 0 Å². The number of amides is 1. The Bertz CT molecular complexity index is 649. The molecule has 5 heteroatoms. The highest BCUT2D eigenvalue weighted by Crippen LogP contribution is 2.10. The van der Waals surface area contributed by atoms with Crippen LogP contribution in [0.1, 0.15) is 48.3 Å². The zero-order chi connectivity index (χ0) is 17.4. The molecule has 0 atom stereocenters. The summed E-state index contributed by atoms with van der Waals surface area (Å²) in [5, 5.41) is 2.89. The van der Waals surface area contributed by atoms with Crippen molar-refractivity contribution in [3.8, 4) is 0 Å². The van der Waals surface area contributed by atoms with Crippen LogP contribution in [0.5, 0.6) is 0 Å². The predicted octanol–water partition coefficient (Wildman–Crippen LogP) is 3.34. The highest BCUT2D eigenvalue weighted by molar-refractivity contribution is 5.91. The second-order valence-electron chi connectivity index (χ2n) is 5.92. The molecule has 1 amide bonds. The average molecular weight is 326 g/mol. The van der Waals surface area contributed by atoms with Crippen LogP contribution in [-0.2, 0) is 6.54 Å². The van der Waals surface area contributed by atoms with E-state index in [1.807, 2.05) is 25.1 Å². The number of anilines is 1. The van der Waals surface area contributed by atoms with Crippen LogP contribution in [0, 0.1) is 6.92 Å². The molecule has 1 aromatic carbocycles. The minimum atomic E-state index is -0.201. The Morgan fingerprint density at radius 3 is 2.46 bits per heavy atom. The molecule has 0 spiro atoms. The van der Waals surface area contributed by atoms with Crippen molar-refractivity contribution in [3.63, 3.8) is 0 Å². The summed E-state index contributed by atoms with van der Waals surface area (Å²) in [6.07, 6.45) is 5.35. The lowest BCUT2D eigenvalue weighted by atomic mass is 10.1. The molecule has 1 aromatic heterocycles. The molecule has 0 aliphatic carbocycles. The summed E-state index contributed by atoms with van der Waals surface area (Å²) < 4.78 is 0. The predicted molar refractivity (Wildman–Crippen MR) is 97.2 cm³/mol. The zero-order valence-corrected chi connectivity index (χ0v) is 14.7. The summed E-state index contributed by atoms with van der Waals surface area (Å²) in [7, 11) is 0. The summed E-state index contributed by atoms with van der Waals surface area (Å²) in [5.41, 5.74) is 2.60. The van der Waals surface area contributed by atoms with Gasteiger partial charge in [0.1, 0.15) is 11.5 Å². The minimum Gasteiger partial charge on any atom is -0.355 e. The van der Waals surface area contributed by atoms with E-state index in [0.717, 1.165) is 37.3 Å². The molecule has 0 saturated heterocycles. The van der Waals surface area contributed by atoms with Gasteiger partial charge in [0.25, 0.3) is 5.91 Å². The normalized spacial score (nSPS) is 10.5. The van der Waals surface area contributed by atoms with Crippen LogP contribution in [0.4, 0.5) is 5.82 Å². The Hall–Kier alpha value is -2.43. The molecule has 24 heavy (non-hydrogen) atoms. The smallest absolute Gasteiger partial charge is 0.271 e. The Labute approximate surface area is 144 Å². The number of aryl methyl sites for hydroxylation is 1. The van der Waals surface area contributed by atoms with E-state index < -0.39 is 0 Å². The maximum Gasteiger partial charge on any atom is 0.271 e. The van der Waals surface area contributed by atoms with Gasteiger partial charge >= 0.3 is 0 Å². The highest BCUT2D eigenvalue weighted by Gasteiger charge is 2.11. The Kier molecular flexibility index (Phi) is 6.73. The largest absolute Gasteiger partial charge is 0.355 e. The lowest BCUT2D eigenvalue weighted by Gasteiger charge is -2.22. The molecule has 0 bridgehead atoms. The van der Waals surface area contributed by atoms with Crippen molar-refractivity contribution in [2.45, 2.75) is 40.2 Å². The first-order valence-corrected chi connectivity index (χ1v) is 8.54. The molecule has 128 valence electrons. The maximum absolute atomic E-state index is 12.2. The summed E-state index contributed by atoms with van der Waals surface area (Å²) in [5.74, 6) is 0.627. The maximum atomic E-state index is 12.2. The zero-order valence-electron chi connectivity index (χ0n) is 14.7. The monoisotopic (exact) mass is 326 g/mol. The lowest BCUT2D eigenvalue weighted by molar-refractivity contribution is 0.0945. The van der Waals surface area contributed by atoms with Crippen LogP contribution in [0.3, 0.4) is 0 Å². The molecule has 0 radical (unpaired) electrons. The van der Waals surface area contributed by atoms with Gasteiger partial charge in [0, 0.05) is 19.6 Å². The number of nitrogens with one attached hydrogen (secondary N) is 1. The van der Waals surface area contributed by atoms with E-state index in [-0.39, 0.29) is 5.91 Å². The quantitative estimate of drug-likeness (QED) is 0.808. The second kappa shape index (κ2) is 9.01. The molecule has 1 heterocycles. The number of benzene rings is 1. The SMILES string of the molecule is CCCN(CCC)c1cnc(C(=O)NCc2cccc(C)c2)cn1. The number of carbonyl (C=O) groups is 1. The van der Waals surface area contributed by atoms with E-state index in [2.05, 4.69) is 40.1 Å². The molecule has 2 aromatic rings. The molecule has 5 nitrogen and oxygen atoms in total. The third kappa shape index (κ3) is 5.05. The van der Waals surface area contributed by atoms with E-state index in [1.54, 1.807) is 12.4 Å². The molecule has 2 rings (SSSR count). The van der Waals surface area contributed by atoms with E-state index in [1.165, 1.54) is 5.56 Å². The van der Waals surface area contributed by atoms with Crippen LogP contribution < -0.4 is 10.2 Å². The molecular weight excluding hydrogens is 300 g/mol. The van der Waals surface area contributed by atoms with Crippen molar-refractivity contribution in [2.75, 3.05) is 18.0 Å². The molecule has 0 aliphatic heterocycles. The average Bonchev–Trinajstić information content (AvgIpc) is 2.60. The fraction of sp³-hybridized carbons (Fsp3) is 0.421. The summed E-state index contributed by atoms with van der Waals surface area (Å²) in [4.78, 5) is 23.1. The second-order valence-corrected chi connectivity index (χ2v) is 5.92. The fourth-order valence-corrected chi connectivity index (χ4v) is 2.58. The number of nitrogens with zero attached hydrogens (tertiary/aromatic N) is 3. The van der Waals surface area contributed by atoms with Gasteiger partial charge in [-0.05, 0) is 25.3 Å². The molecule has 0 saturated carbocycles. The molecule has 1 N–H and O–H groups in total. The summed E-state index contributed by atoms with van der Waals surface area (Å²) in [6, 6.07) is 8.08. The molecule has 0 fully saturated rings. The van der Waals surface area contributed by atoms with Crippen molar-refractivity contribution in [3.05, 3.63) is 53.5 Å². The summed E-state index contributed by atoms with van der Waals surface area (Å²) >= 11 is 0. The standard InChI is InChI=1S/C19H26N4O/c1-4-9-23(10-5-2)18-14-20-17(13-21-18)19(24)22-12-16-8-6-7-15(3)11-16/h6-8,11,13-14H,4-5,9-10,12H2,1-3H3,(H,22,24). The van der Waals surface area contributed by atoms with E-state index in [4.69, 9.17) is 0 Å². The van der Waals surface area contributed by atoms with Crippen molar-refractivity contribution in [2.24, 2.45) is 0 Å². The minimum absolute atomic E-state index is 0.201. The van der Waals surface area contributed by atoms with E-state index in [9.17, 15) is 4.79 Å². The van der Waals surface area contributed by atoms with Crippen LogP contribution in [0.15, 0.2) is 36.7 Å². The van der Waals surface area contributed by atoms with Gasteiger partial charge in [-0.2, -0.15) is 0 Å². The Balaban J connectivity index is 1.97. The van der Waals surface area contributed by atoms with Gasteiger partial charge in [-0.25, -0.2) is 9.97 Å². The number of carbonyl (C=O) groups excluding carboxylic acids is 1. The third-order valence-corrected chi connectivity index (χ3v) is 3.72. The number of aromatic nitrogens is 2. The van der Waals surface area contributed by atoms with Crippen molar-refractivity contribution >= 4 is 11.7 Å². The Morgan fingerprint density at radius 1 is 1.12 bits per heavy atom. The topological polar surface area (TPSA) is 58.1 Å². The molecular formula is C19H26N4O. The van der Waals surface area contributed by atoms with Gasteiger partial charge in [0.05, 0.1) is 12.4 Å². The van der Waals surface area contributed by atoms with Crippen LogP contribution >= 0.6 is 0 Å². The van der Waals surface area contributed by atoms with Crippen LogP contribution in [0.2, 0.25) is 0 Å². The molecule has 0 unspecified atom stereocenters. The number of rotatable bonds is 8. The third-order valence-electron chi connectivity index (χ3n) is 3.72. The molecule has 0 aliphatic rings. The summed E-state index contributed by atoms with van der Waals surface area (Å²) in [6.45, 7) is 8.70. The van der Waals surface area contributed by atoms with Crippen molar-refractivity contribution < 1.29 is 4.79 Å². The number of hydrogen-bond acceptors (Lipinski definition) is 4. The van der Waals surface area contributed by atoms with Gasteiger partial charge in [-0.3, -0.25) is 4.79 Å². The van der Waals surface area contributed by atoms with Crippen molar-refractivity contribution in [1.82, 2.24) is 15.3 Å². The highest BCUT2D eigenvalue weighted by atomic mass is 16.1. The van der Waals surface area contributed by atoms with Gasteiger partial charge in [-0.15, -0.1) is 0 Å². The van der Waals surface area contributed by atoms with Gasteiger partial charge in [0.2, 0.25) is 0 Å².